The highest BCUT2D eigenvalue weighted by molar-refractivity contribution is 5.93. The number of anilines is 2. The number of nitrogens with zero attached hydrogens (tertiary/aromatic N) is 5. The lowest BCUT2D eigenvalue weighted by molar-refractivity contribution is -0.137. The molecule has 186 valence electrons. The van der Waals surface area contributed by atoms with Crippen LogP contribution in [0.3, 0.4) is 0 Å². The van der Waals surface area contributed by atoms with Crippen molar-refractivity contribution in [3.63, 3.8) is 0 Å². The van der Waals surface area contributed by atoms with E-state index in [2.05, 4.69) is 20.4 Å². The molecule has 3 N–H and O–H groups in total. The number of benzene rings is 1. The Balaban J connectivity index is 1.64. The summed E-state index contributed by atoms with van der Waals surface area (Å²) in [5, 5.41) is 7.28. The first-order chi connectivity index (χ1) is 16.5. The van der Waals surface area contributed by atoms with Crippen LogP contribution >= 0.6 is 0 Å². The molecule has 3 heterocycles. The molecule has 11 heteroatoms. The van der Waals surface area contributed by atoms with Crippen LogP contribution in [0.25, 0.3) is 11.1 Å². The van der Waals surface area contributed by atoms with Gasteiger partial charge in [-0.05, 0) is 50.9 Å². The third-order valence-corrected chi connectivity index (χ3v) is 6.39. The minimum absolute atomic E-state index is 0.0345. The summed E-state index contributed by atoms with van der Waals surface area (Å²) in [5.41, 5.74) is 8.75. The van der Waals surface area contributed by atoms with Crippen molar-refractivity contribution >= 4 is 17.5 Å². The van der Waals surface area contributed by atoms with E-state index in [4.69, 9.17) is 5.73 Å². The van der Waals surface area contributed by atoms with Crippen LogP contribution in [0, 0.1) is 13.8 Å². The van der Waals surface area contributed by atoms with Crippen molar-refractivity contribution in [3.8, 4) is 11.1 Å². The summed E-state index contributed by atoms with van der Waals surface area (Å²) in [6, 6.07) is 4.79. The molecule has 0 radical (unpaired) electrons. The van der Waals surface area contributed by atoms with E-state index >= 15 is 0 Å². The zero-order chi connectivity index (χ0) is 25.3. The Labute approximate surface area is 201 Å². The lowest BCUT2D eigenvalue weighted by Crippen LogP contribution is -2.40. The van der Waals surface area contributed by atoms with Gasteiger partial charge in [0.15, 0.2) is 0 Å². The van der Waals surface area contributed by atoms with Gasteiger partial charge in [-0.25, -0.2) is 9.97 Å². The maximum Gasteiger partial charge on any atom is 0.416 e. The maximum absolute atomic E-state index is 13.3. The molecule has 1 fully saturated rings. The number of amides is 1. The molecular formula is C24H28F3N7O. The Kier molecular flexibility index (Phi) is 6.79. The molecule has 2 aromatic heterocycles. The number of alkyl halides is 3. The Bertz CT molecular complexity index is 1240. The van der Waals surface area contributed by atoms with Gasteiger partial charge < -0.3 is 11.1 Å². The van der Waals surface area contributed by atoms with Gasteiger partial charge in [0.2, 0.25) is 11.9 Å². The van der Waals surface area contributed by atoms with Crippen molar-refractivity contribution in [1.29, 1.82) is 0 Å². The number of aryl methyl sites for hydroxylation is 2. The van der Waals surface area contributed by atoms with E-state index in [1.165, 1.54) is 12.3 Å². The van der Waals surface area contributed by atoms with Crippen molar-refractivity contribution in [2.24, 2.45) is 7.05 Å². The fourth-order valence-electron chi connectivity index (χ4n) is 4.56. The molecule has 1 aliphatic rings. The SMILES string of the molecule is Cc1nn(C)c(C)c1NC(=O)CN1CCCC[C@@H]1c1nc(N)ncc1-c1cccc(C(F)(F)F)c1. The quantitative estimate of drug-likeness (QED) is 0.558. The number of likely N-dealkylation sites (tertiary alicyclic amines) is 1. The number of carbonyl (C=O) groups excluding carboxylic acids is 1. The number of carbonyl (C=O) groups is 1. The van der Waals surface area contributed by atoms with Gasteiger partial charge in [-0.3, -0.25) is 14.4 Å². The maximum atomic E-state index is 13.3. The van der Waals surface area contributed by atoms with E-state index in [1.807, 2.05) is 25.8 Å². The van der Waals surface area contributed by atoms with Crippen molar-refractivity contribution in [3.05, 3.63) is 53.1 Å². The van der Waals surface area contributed by atoms with Crippen LogP contribution in [-0.2, 0) is 18.0 Å². The third kappa shape index (κ3) is 5.29. The molecule has 0 unspecified atom stereocenters. The number of halogens is 3. The van der Waals surface area contributed by atoms with E-state index in [1.54, 1.807) is 10.7 Å². The topological polar surface area (TPSA) is 102 Å². The molecule has 1 atom stereocenters. The average Bonchev–Trinajstić information content (AvgIpc) is 3.05. The number of nitrogens with two attached hydrogens (primary N) is 1. The molecule has 35 heavy (non-hydrogen) atoms. The number of piperidine rings is 1. The highest BCUT2D eigenvalue weighted by Gasteiger charge is 2.32. The number of rotatable bonds is 5. The summed E-state index contributed by atoms with van der Waals surface area (Å²) >= 11 is 0. The average molecular weight is 488 g/mol. The summed E-state index contributed by atoms with van der Waals surface area (Å²) in [6.07, 6.45) is -0.519. The first kappa shape index (κ1) is 24.6. The van der Waals surface area contributed by atoms with Gasteiger partial charge in [-0.1, -0.05) is 18.6 Å². The third-order valence-electron chi connectivity index (χ3n) is 6.39. The highest BCUT2D eigenvalue weighted by Crippen LogP contribution is 2.38. The van der Waals surface area contributed by atoms with Crippen molar-refractivity contribution in [1.82, 2.24) is 24.6 Å². The molecule has 1 saturated heterocycles. The zero-order valence-electron chi connectivity index (χ0n) is 19.9. The molecular weight excluding hydrogens is 459 g/mol. The number of hydrogen-bond donors (Lipinski definition) is 2. The Hall–Kier alpha value is -3.47. The number of nitrogens with one attached hydrogen (secondary N) is 1. The molecule has 4 rings (SSSR count). The van der Waals surface area contributed by atoms with Crippen molar-refractivity contribution < 1.29 is 18.0 Å². The molecule has 3 aromatic rings. The predicted octanol–water partition coefficient (Wildman–Crippen LogP) is 4.26. The standard InChI is InChI=1S/C24H28F3N7O/c1-14-21(15(2)33(3)32-14)30-20(35)13-34-10-5-4-9-19(34)22-18(12-29-23(28)31-22)16-7-6-8-17(11-16)24(25,26)27/h6-8,11-12,19H,4-5,9-10,13H2,1-3H3,(H,30,35)(H2,28,29,31)/t19-/m1/s1. The summed E-state index contributed by atoms with van der Waals surface area (Å²) < 4.78 is 41.7. The lowest BCUT2D eigenvalue weighted by Gasteiger charge is -2.35. The van der Waals surface area contributed by atoms with E-state index in [-0.39, 0.29) is 24.4 Å². The Morgan fingerprint density at radius 1 is 1.26 bits per heavy atom. The highest BCUT2D eigenvalue weighted by atomic mass is 19.4. The summed E-state index contributed by atoms with van der Waals surface area (Å²) in [7, 11) is 1.81. The van der Waals surface area contributed by atoms with Crippen LogP contribution in [0.2, 0.25) is 0 Å². The first-order valence-electron chi connectivity index (χ1n) is 11.4. The van der Waals surface area contributed by atoms with E-state index < -0.39 is 11.7 Å². The van der Waals surface area contributed by atoms with Gasteiger partial charge in [-0.15, -0.1) is 0 Å². The monoisotopic (exact) mass is 487 g/mol. The van der Waals surface area contributed by atoms with Gasteiger partial charge in [0.25, 0.3) is 0 Å². The molecule has 1 aliphatic heterocycles. The van der Waals surface area contributed by atoms with E-state index in [0.29, 0.717) is 35.5 Å². The number of nitrogen functional groups attached to an aromatic ring is 1. The molecule has 8 nitrogen and oxygen atoms in total. The Morgan fingerprint density at radius 3 is 2.71 bits per heavy atom. The smallest absolute Gasteiger partial charge is 0.368 e. The Morgan fingerprint density at radius 2 is 2.03 bits per heavy atom. The summed E-state index contributed by atoms with van der Waals surface area (Å²) in [6.45, 7) is 4.46. The molecule has 0 aliphatic carbocycles. The molecule has 0 bridgehead atoms. The van der Waals surface area contributed by atoms with E-state index in [0.717, 1.165) is 36.4 Å². The first-order valence-corrected chi connectivity index (χ1v) is 11.4. The molecule has 0 saturated carbocycles. The van der Waals surface area contributed by atoms with Crippen LogP contribution in [0.15, 0.2) is 30.5 Å². The van der Waals surface area contributed by atoms with Crippen molar-refractivity contribution in [2.45, 2.75) is 45.3 Å². The van der Waals surface area contributed by atoms with Gasteiger partial charge in [0, 0.05) is 18.8 Å². The lowest BCUT2D eigenvalue weighted by atomic mass is 9.93. The molecule has 0 spiro atoms. The van der Waals surface area contributed by atoms with Crippen molar-refractivity contribution in [2.75, 3.05) is 24.1 Å². The zero-order valence-corrected chi connectivity index (χ0v) is 19.9. The summed E-state index contributed by atoms with van der Waals surface area (Å²) in [5.74, 6) is -0.161. The predicted molar refractivity (Wildman–Crippen MR) is 126 cm³/mol. The fraction of sp³-hybridized carbons (Fsp3) is 0.417. The minimum atomic E-state index is -4.47. The molecule has 1 aromatic carbocycles. The minimum Gasteiger partial charge on any atom is -0.368 e. The van der Waals surface area contributed by atoms with Crippen LogP contribution < -0.4 is 11.1 Å². The summed E-state index contributed by atoms with van der Waals surface area (Å²) in [4.78, 5) is 23.5. The second kappa shape index (κ2) is 9.65. The second-order valence-corrected chi connectivity index (χ2v) is 8.81. The number of aromatic nitrogens is 4. The molecule has 1 amide bonds. The van der Waals surface area contributed by atoms with Gasteiger partial charge in [0.05, 0.1) is 40.9 Å². The second-order valence-electron chi connectivity index (χ2n) is 8.81. The number of hydrogen-bond acceptors (Lipinski definition) is 6. The normalized spacial score (nSPS) is 16.9. The van der Waals surface area contributed by atoms with Gasteiger partial charge in [0.1, 0.15) is 0 Å². The van der Waals surface area contributed by atoms with Crippen LogP contribution in [0.4, 0.5) is 24.8 Å². The van der Waals surface area contributed by atoms with Crippen LogP contribution in [0.1, 0.15) is 47.9 Å². The van der Waals surface area contributed by atoms with Gasteiger partial charge >= 0.3 is 6.18 Å². The van der Waals surface area contributed by atoms with Gasteiger partial charge in [-0.2, -0.15) is 18.3 Å². The largest absolute Gasteiger partial charge is 0.416 e. The fourth-order valence-corrected chi connectivity index (χ4v) is 4.56. The van der Waals surface area contributed by atoms with Crippen LogP contribution in [0.5, 0.6) is 0 Å². The van der Waals surface area contributed by atoms with Crippen LogP contribution in [-0.4, -0.2) is 43.6 Å². The van der Waals surface area contributed by atoms with E-state index in [9.17, 15) is 18.0 Å².